The van der Waals surface area contributed by atoms with Crippen molar-refractivity contribution in [3.05, 3.63) is 24.0 Å². The molecule has 0 amide bonds. The van der Waals surface area contributed by atoms with E-state index in [1.807, 2.05) is 18.5 Å². The molecule has 1 rings (SSSR count). The number of aliphatic hydroxyl groups is 1. The second-order valence-corrected chi connectivity index (χ2v) is 2.79. The molecule has 4 nitrogen and oxygen atoms in total. The van der Waals surface area contributed by atoms with Crippen LogP contribution in [0.4, 0.5) is 0 Å². The second kappa shape index (κ2) is 4.92. The van der Waals surface area contributed by atoms with Crippen LogP contribution >= 0.6 is 0 Å². The number of aliphatic hydroxyl groups excluding tert-OH is 1. The summed E-state index contributed by atoms with van der Waals surface area (Å²) < 4.78 is 0. The van der Waals surface area contributed by atoms with Crippen molar-refractivity contribution in [2.24, 2.45) is 5.73 Å². The second-order valence-electron chi connectivity index (χ2n) is 2.79. The van der Waals surface area contributed by atoms with Gasteiger partial charge in [-0.05, 0) is 11.6 Å². The lowest BCUT2D eigenvalue weighted by Crippen LogP contribution is -2.36. The number of hydrogen-bond acceptors (Lipinski definition) is 3. The Labute approximate surface area is 71.8 Å². The van der Waals surface area contributed by atoms with Gasteiger partial charge in [-0.15, -0.1) is 0 Å². The largest absolute Gasteiger partial charge is 0.395 e. The Hall–Kier alpha value is -0.840. The third-order valence-corrected chi connectivity index (χ3v) is 1.63. The Kier molecular flexibility index (Phi) is 3.79. The van der Waals surface area contributed by atoms with Gasteiger partial charge in [0.1, 0.15) is 0 Å². The maximum atomic E-state index is 8.62. The highest BCUT2D eigenvalue weighted by Crippen LogP contribution is 1.94. The molecule has 0 saturated heterocycles. The number of aromatic amines is 1. The Bertz CT molecular complexity index is 198. The lowest BCUT2D eigenvalue weighted by molar-refractivity contribution is 0.262. The highest BCUT2D eigenvalue weighted by molar-refractivity contribution is 5.07. The van der Waals surface area contributed by atoms with E-state index in [4.69, 9.17) is 10.8 Å². The lowest BCUT2D eigenvalue weighted by Gasteiger charge is -2.08. The fourth-order valence-electron chi connectivity index (χ4n) is 0.935. The number of hydrogen-bond donors (Lipinski definition) is 4. The molecule has 1 aromatic rings. The van der Waals surface area contributed by atoms with E-state index in [2.05, 4.69) is 10.3 Å². The van der Waals surface area contributed by atoms with Gasteiger partial charge in [-0.2, -0.15) is 0 Å². The van der Waals surface area contributed by atoms with Crippen molar-refractivity contribution in [2.45, 2.75) is 12.6 Å². The lowest BCUT2D eigenvalue weighted by atomic mass is 10.3. The molecule has 1 atom stereocenters. The highest BCUT2D eigenvalue weighted by Gasteiger charge is 1.98. The summed E-state index contributed by atoms with van der Waals surface area (Å²) in [6, 6.07) is 1.83. The number of aromatic nitrogens is 1. The average Bonchev–Trinajstić information content (AvgIpc) is 2.57. The van der Waals surface area contributed by atoms with Crippen molar-refractivity contribution in [2.75, 3.05) is 13.2 Å². The Morgan fingerprint density at radius 2 is 2.50 bits per heavy atom. The van der Waals surface area contributed by atoms with E-state index in [-0.39, 0.29) is 12.6 Å². The van der Waals surface area contributed by atoms with Gasteiger partial charge in [0.05, 0.1) is 6.61 Å². The zero-order valence-corrected chi connectivity index (χ0v) is 6.96. The van der Waals surface area contributed by atoms with Crippen molar-refractivity contribution in [1.29, 1.82) is 0 Å². The van der Waals surface area contributed by atoms with Crippen LogP contribution in [0.15, 0.2) is 18.5 Å². The smallest absolute Gasteiger partial charge is 0.0594 e. The molecule has 0 aromatic carbocycles. The molecule has 0 aliphatic heterocycles. The molecule has 0 aliphatic carbocycles. The molecular weight excluding hydrogens is 154 g/mol. The molecule has 0 fully saturated rings. The summed E-state index contributed by atoms with van der Waals surface area (Å²) in [4.78, 5) is 2.96. The van der Waals surface area contributed by atoms with Crippen LogP contribution in [0.1, 0.15) is 5.56 Å². The van der Waals surface area contributed by atoms with Gasteiger partial charge in [0.2, 0.25) is 0 Å². The van der Waals surface area contributed by atoms with Gasteiger partial charge >= 0.3 is 0 Å². The van der Waals surface area contributed by atoms with E-state index in [0.29, 0.717) is 6.54 Å². The normalized spacial score (nSPS) is 13.2. The Balaban J connectivity index is 2.11. The third-order valence-electron chi connectivity index (χ3n) is 1.63. The zero-order valence-electron chi connectivity index (χ0n) is 6.96. The molecule has 0 saturated carbocycles. The van der Waals surface area contributed by atoms with Crippen molar-refractivity contribution in [1.82, 2.24) is 10.3 Å². The highest BCUT2D eigenvalue weighted by atomic mass is 16.3. The van der Waals surface area contributed by atoms with E-state index >= 15 is 0 Å². The monoisotopic (exact) mass is 169 g/mol. The minimum atomic E-state index is -0.163. The molecule has 0 aliphatic rings. The molecule has 1 unspecified atom stereocenters. The molecule has 68 valence electrons. The van der Waals surface area contributed by atoms with Gasteiger partial charge in [-0.25, -0.2) is 0 Å². The molecule has 12 heavy (non-hydrogen) atoms. The first kappa shape index (κ1) is 9.25. The number of H-pyrrole nitrogens is 1. The third kappa shape index (κ3) is 3.04. The summed E-state index contributed by atoms with van der Waals surface area (Å²) >= 11 is 0. The SMILES string of the molecule is NC(CO)CNCc1cc[nH]c1. The fourth-order valence-corrected chi connectivity index (χ4v) is 0.935. The standard InChI is InChI=1S/C8H15N3O/c9-8(6-12)5-11-4-7-1-2-10-3-7/h1-3,8,10-12H,4-6,9H2. The molecule has 1 aromatic heterocycles. The van der Waals surface area contributed by atoms with Gasteiger partial charge in [0.25, 0.3) is 0 Å². The van der Waals surface area contributed by atoms with Gasteiger partial charge < -0.3 is 21.1 Å². The predicted molar refractivity (Wildman–Crippen MR) is 47.6 cm³/mol. The fraction of sp³-hybridized carbons (Fsp3) is 0.500. The molecule has 0 radical (unpaired) electrons. The van der Waals surface area contributed by atoms with Crippen LogP contribution in [0.25, 0.3) is 0 Å². The molecule has 0 spiro atoms. The summed E-state index contributed by atoms with van der Waals surface area (Å²) in [6.45, 7) is 1.46. The van der Waals surface area contributed by atoms with Crippen molar-refractivity contribution in [3.63, 3.8) is 0 Å². The zero-order chi connectivity index (χ0) is 8.81. The summed E-state index contributed by atoms with van der Waals surface area (Å²) in [5.74, 6) is 0. The van der Waals surface area contributed by atoms with Crippen molar-refractivity contribution < 1.29 is 5.11 Å². The van der Waals surface area contributed by atoms with Crippen LogP contribution < -0.4 is 11.1 Å². The topological polar surface area (TPSA) is 74.1 Å². The molecular formula is C8H15N3O. The van der Waals surface area contributed by atoms with Gasteiger partial charge in [0.15, 0.2) is 0 Å². The quantitative estimate of drug-likeness (QED) is 0.476. The first-order chi connectivity index (χ1) is 5.83. The minimum absolute atomic E-state index is 0.0279. The van der Waals surface area contributed by atoms with Crippen molar-refractivity contribution >= 4 is 0 Å². The van der Waals surface area contributed by atoms with E-state index in [1.54, 1.807) is 0 Å². The number of nitrogens with two attached hydrogens (primary N) is 1. The van der Waals surface area contributed by atoms with Crippen LogP contribution in [0.5, 0.6) is 0 Å². The predicted octanol–water partition coefficient (Wildman–Crippen LogP) is -0.576. The first-order valence-electron chi connectivity index (χ1n) is 4.01. The van der Waals surface area contributed by atoms with E-state index in [1.165, 1.54) is 5.56 Å². The van der Waals surface area contributed by atoms with Crippen LogP contribution in [-0.2, 0) is 6.54 Å². The average molecular weight is 169 g/mol. The van der Waals surface area contributed by atoms with Crippen LogP contribution in [0.2, 0.25) is 0 Å². The molecule has 5 N–H and O–H groups in total. The maximum Gasteiger partial charge on any atom is 0.0594 e. The van der Waals surface area contributed by atoms with E-state index in [9.17, 15) is 0 Å². The summed E-state index contributed by atoms with van der Waals surface area (Å²) in [6.07, 6.45) is 3.81. The van der Waals surface area contributed by atoms with Crippen molar-refractivity contribution in [3.8, 4) is 0 Å². The minimum Gasteiger partial charge on any atom is -0.395 e. The van der Waals surface area contributed by atoms with Crippen LogP contribution in [0, 0.1) is 0 Å². The maximum absolute atomic E-state index is 8.62. The van der Waals surface area contributed by atoms with Gasteiger partial charge in [-0.3, -0.25) is 0 Å². The van der Waals surface area contributed by atoms with E-state index < -0.39 is 0 Å². The van der Waals surface area contributed by atoms with Crippen LogP contribution in [-0.4, -0.2) is 29.3 Å². The van der Waals surface area contributed by atoms with Gasteiger partial charge in [0, 0.05) is 31.5 Å². The van der Waals surface area contributed by atoms with Gasteiger partial charge in [-0.1, -0.05) is 0 Å². The Morgan fingerprint density at radius 1 is 1.67 bits per heavy atom. The molecule has 4 heteroatoms. The summed E-state index contributed by atoms with van der Waals surface area (Å²) in [7, 11) is 0. The summed E-state index contributed by atoms with van der Waals surface area (Å²) in [5, 5.41) is 11.8. The number of nitrogens with one attached hydrogen (secondary N) is 2. The number of rotatable bonds is 5. The molecule has 0 bridgehead atoms. The van der Waals surface area contributed by atoms with E-state index in [0.717, 1.165) is 6.54 Å². The Morgan fingerprint density at radius 3 is 3.08 bits per heavy atom. The van der Waals surface area contributed by atoms with Crippen LogP contribution in [0.3, 0.4) is 0 Å². The molecule has 1 heterocycles. The summed E-state index contributed by atoms with van der Waals surface area (Å²) in [5.41, 5.74) is 6.69. The first-order valence-corrected chi connectivity index (χ1v) is 4.01.